The molecule has 1 atom stereocenters. The van der Waals surface area contributed by atoms with Crippen LogP contribution in [0.4, 0.5) is 0 Å². The summed E-state index contributed by atoms with van der Waals surface area (Å²) in [5, 5.41) is 6.21. The summed E-state index contributed by atoms with van der Waals surface area (Å²) in [6.45, 7) is 2.15. The van der Waals surface area contributed by atoms with Gasteiger partial charge in [-0.15, -0.1) is 0 Å². The number of ether oxygens (including phenoxy) is 1. The van der Waals surface area contributed by atoms with Crippen molar-refractivity contribution in [2.75, 3.05) is 7.05 Å². The van der Waals surface area contributed by atoms with Crippen molar-refractivity contribution in [3.05, 3.63) is 78.7 Å². The molecule has 0 fully saturated rings. The lowest BCUT2D eigenvalue weighted by atomic mass is 10.1. The summed E-state index contributed by atoms with van der Waals surface area (Å²) in [5.74, 6) is 1.42. The number of rotatable bonds is 7. The van der Waals surface area contributed by atoms with E-state index in [9.17, 15) is 4.79 Å². The largest absolute Gasteiger partial charge is 0.481 e. The quantitative estimate of drug-likeness (QED) is 0.449. The van der Waals surface area contributed by atoms with Crippen LogP contribution in [0.2, 0.25) is 0 Å². The SMILES string of the molecule is CC[C@@H](Oc1ccc2ccccc2c1)C(=O)N(C)Cc1nc(-c2ccccc2)no1. The van der Waals surface area contributed by atoms with Crippen LogP contribution >= 0.6 is 0 Å². The van der Waals surface area contributed by atoms with Gasteiger partial charge in [-0.05, 0) is 29.3 Å². The van der Waals surface area contributed by atoms with Crippen molar-refractivity contribution in [3.8, 4) is 17.1 Å². The maximum Gasteiger partial charge on any atom is 0.263 e. The maximum atomic E-state index is 12.9. The summed E-state index contributed by atoms with van der Waals surface area (Å²) >= 11 is 0. The van der Waals surface area contributed by atoms with Crippen LogP contribution in [-0.2, 0) is 11.3 Å². The van der Waals surface area contributed by atoms with E-state index in [4.69, 9.17) is 9.26 Å². The number of nitrogens with zero attached hydrogens (tertiary/aromatic N) is 3. The van der Waals surface area contributed by atoms with Gasteiger partial charge in [-0.1, -0.05) is 72.7 Å². The Morgan fingerprint density at radius 2 is 1.77 bits per heavy atom. The lowest BCUT2D eigenvalue weighted by Gasteiger charge is -2.22. The smallest absolute Gasteiger partial charge is 0.263 e. The van der Waals surface area contributed by atoms with Crippen LogP contribution in [0.5, 0.6) is 5.75 Å². The molecule has 0 N–H and O–H groups in total. The van der Waals surface area contributed by atoms with Gasteiger partial charge in [0.05, 0.1) is 6.54 Å². The first-order chi connectivity index (χ1) is 14.6. The molecule has 0 saturated heterocycles. The van der Waals surface area contributed by atoms with Gasteiger partial charge in [-0.2, -0.15) is 4.98 Å². The first-order valence-electron chi connectivity index (χ1n) is 9.92. The highest BCUT2D eigenvalue weighted by Crippen LogP contribution is 2.23. The molecule has 0 bridgehead atoms. The van der Waals surface area contributed by atoms with Gasteiger partial charge in [0.2, 0.25) is 11.7 Å². The highest BCUT2D eigenvalue weighted by molar-refractivity contribution is 5.84. The van der Waals surface area contributed by atoms with E-state index in [2.05, 4.69) is 10.1 Å². The second kappa shape index (κ2) is 8.78. The fraction of sp³-hybridized carbons (Fsp3) is 0.208. The van der Waals surface area contributed by atoms with Crippen LogP contribution in [0, 0.1) is 0 Å². The first kappa shape index (κ1) is 19.6. The average molecular weight is 401 g/mol. The predicted molar refractivity (Wildman–Crippen MR) is 115 cm³/mol. The Kier molecular flexibility index (Phi) is 5.75. The fourth-order valence-corrected chi connectivity index (χ4v) is 3.26. The fourth-order valence-electron chi connectivity index (χ4n) is 3.26. The van der Waals surface area contributed by atoms with E-state index >= 15 is 0 Å². The second-order valence-electron chi connectivity index (χ2n) is 7.10. The van der Waals surface area contributed by atoms with Crippen molar-refractivity contribution in [2.24, 2.45) is 0 Å². The summed E-state index contributed by atoms with van der Waals surface area (Å²) in [6.07, 6.45) is -0.0394. The van der Waals surface area contributed by atoms with Crippen molar-refractivity contribution in [2.45, 2.75) is 26.0 Å². The average Bonchev–Trinajstić information content (AvgIpc) is 3.26. The molecule has 30 heavy (non-hydrogen) atoms. The summed E-state index contributed by atoms with van der Waals surface area (Å²) in [6, 6.07) is 23.5. The van der Waals surface area contributed by atoms with Gasteiger partial charge < -0.3 is 14.2 Å². The van der Waals surface area contributed by atoms with Crippen molar-refractivity contribution >= 4 is 16.7 Å². The Balaban J connectivity index is 1.43. The number of carbonyl (C=O) groups is 1. The molecule has 0 saturated carbocycles. The minimum Gasteiger partial charge on any atom is -0.481 e. The van der Waals surface area contributed by atoms with Crippen LogP contribution in [-0.4, -0.2) is 34.1 Å². The molecular formula is C24H23N3O3. The Bertz CT molecular complexity index is 1140. The highest BCUT2D eigenvalue weighted by Gasteiger charge is 2.24. The van der Waals surface area contributed by atoms with Crippen LogP contribution < -0.4 is 4.74 Å². The highest BCUT2D eigenvalue weighted by atomic mass is 16.5. The number of benzene rings is 3. The second-order valence-corrected chi connectivity index (χ2v) is 7.10. The Labute approximate surface area is 175 Å². The summed E-state index contributed by atoms with van der Waals surface area (Å²) < 4.78 is 11.3. The molecule has 3 aromatic carbocycles. The third-order valence-electron chi connectivity index (χ3n) is 4.89. The Hall–Kier alpha value is -3.67. The minimum atomic E-state index is -0.590. The monoisotopic (exact) mass is 401 g/mol. The number of amides is 1. The molecule has 6 nitrogen and oxygen atoms in total. The molecule has 1 aromatic heterocycles. The van der Waals surface area contributed by atoms with Crippen LogP contribution in [0.15, 0.2) is 77.3 Å². The normalized spacial score (nSPS) is 11.9. The zero-order valence-electron chi connectivity index (χ0n) is 17.0. The zero-order chi connectivity index (χ0) is 20.9. The Morgan fingerprint density at radius 1 is 1.03 bits per heavy atom. The van der Waals surface area contributed by atoms with Gasteiger partial charge in [0.1, 0.15) is 5.75 Å². The maximum absolute atomic E-state index is 12.9. The van der Waals surface area contributed by atoms with Gasteiger partial charge in [0, 0.05) is 12.6 Å². The van der Waals surface area contributed by atoms with Crippen molar-refractivity contribution < 1.29 is 14.1 Å². The summed E-state index contributed by atoms with van der Waals surface area (Å²) in [7, 11) is 1.71. The van der Waals surface area contributed by atoms with Crippen LogP contribution in [0.1, 0.15) is 19.2 Å². The van der Waals surface area contributed by atoms with E-state index in [1.807, 2.05) is 79.7 Å². The molecule has 0 spiro atoms. The minimum absolute atomic E-state index is 0.134. The van der Waals surface area contributed by atoms with Crippen molar-refractivity contribution in [3.63, 3.8) is 0 Å². The third-order valence-corrected chi connectivity index (χ3v) is 4.89. The first-order valence-corrected chi connectivity index (χ1v) is 9.92. The van der Waals surface area contributed by atoms with Crippen LogP contribution in [0.3, 0.4) is 0 Å². The molecule has 152 valence electrons. The molecule has 4 rings (SSSR count). The number of fused-ring (bicyclic) bond motifs is 1. The van der Waals surface area contributed by atoms with E-state index < -0.39 is 6.10 Å². The van der Waals surface area contributed by atoms with Gasteiger partial charge in [-0.25, -0.2) is 0 Å². The lowest BCUT2D eigenvalue weighted by Crippen LogP contribution is -2.39. The van der Waals surface area contributed by atoms with Gasteiger partial charge >= 0.3 is 0 Å². The molecule has 4 aromatic rings. The van der Waals surface area contributed by atoms with Gasteiger partial charge in [0.25, 0.3) is 5.91 Å². The van der Waals surface area contributed by atoms with E-state index in [-0.39, 0.29) is 12.5 Å². The standard InChI is InChI=1S/C24H23N3O3/c1-3-21(29-20-14-13-17-9-7-8-12-19(17)15-20)24(28)27(2)16-22-25-23(26-30-22)18-10-5-4-6-11-18/h4-15,21H,3,16H2,1-2H3/t21-/m1/s1. The third kappa shape index (κ3) is 4.33. The number of likely N-dealkylation sites (N-methyl/N-ethyl adjacent to an activating group) is 1. The summed E-state index contributed by atoms with van der Waals surface area (Å²) in [5.41, 5.74) is 0.868. The van der Waals surface area contributed by atoms with Crippen molar-refractivity contribution in [1.82, 2.24) is 15.0 Å². The Morgan fingerprint density at radius 3 is 2.53 bits per heavy atom. The van der Waals surface area contributed by atoms with E-state index in [0.717, 1.165) is 16.3 Å². The molecule has 1 heterocycles. The van der Waals surface area contributed by atoms with E-state index in [0.29, 0.717) is 23.9 Å². The lowest BCUT2D eigenvalue weighted by molar-refractivity contribution is -0.138. The number of carbonyl (C=O) groups excluding carboxylic acids is 1. The molecule has 0 unspecified atom stereocenters. The van der Waals surface area contributed by atoms with Gasteiger partial charge in [-0.3, -0.25) is 4.79 Å². The zero-order valence-corrected chi connectivity index (χ0v) is 17.0. The van der Waals surface area contributed by atoms with Crippen molar-refractivity contribution in [1.29, 1.82) is 0 Å². The number of hydrogen-bond acceptors (Lipinski definition) is 5. The molecule has 6 heteroatoms. The number of hydrogen-bond donors (Lipinski definition) is 0. The number of aromatic nitrogens is 2. The topological polar surface area (TPSA) is 68.5 Å². The van der Waals surface area contributed by atoms with Gasteiger partial charge in [0.15, 0.2) is 6.10 Å². The molecular weight excluding hydrogens is 378 g/mol. The predicted octanol–water partition coefficient (Wildman–Crippen LogP) is 4.71. The molecule has 0 aliphatic heterocycles. The summed E-state index contributed by atoms with van der Waals surface area (Å²) in [4.78, 5) is 18.9. The molecule has 0 radical (unpaired) electrons. The van der Waals surface area contributed by atoms with E-state index in [1.54, 1.807) is 11.9 Å². The molecule has 0 aliphatic rings. The molecule has 1 amide bonds. The molecule has 0 aliphatic carbocycles. The van der Waals surface area contributed by atoms with Crippen LogP contribution in [0.25, 0.3) is 22.2 Å². The van der Waals surface area contributed by atoms with E-state index in [1.165, 1.54) is 0 Å².